The van der Waals surface area contributed by atoms with Gasteiger partial charge >= 0.3 is 12.8 Å². The second-order valence-corrected chi connectivity index (χ2v) is 3.19. The van der Waals surface area contributed by atoms with Crippen LogP contribution in [0.2, 0.25) is 0 Å². The van der Waals surface area contributed by atoms with Crippen LogP contribution in [-0.4, -0.2) is 18.6 Å². The summed E-state index contributed by atoms with van der Waals surface area (Å²) in [6.07, 6.45) is -5.04. The Kier molecular flexibility index (Phi) is 3.69. The highest BCUT2D eigenvalue weighted by Gasteiger charge is 2.39. The Hall–Kier alpha value is -1.66. The number of alkyl halides is 5. The molecule has 0 saturated heterocycles. The number of carbonyl (C=O) groups excluding carboxylic acids is 1. The molecule has 0 bridgehead atoms. The van der Waals surface area contributed by atoms with E-state index in [9.17, 15) is 26.7 Å². The van der Waals surface area contributed by atoms with Gasteiger partial charge in [0.2, 0.25) is 0 Å². The van der Waals surface area contributed by atoms with Gasteiger partial charge in [-0.15, -0.1) is 0 Å². The lowest BCUT2D eigenvalue weighted by Gasteiger charge is -2.10. The van der Waals surface area contributed by atoms with E-state index in [0.717, 1.165) is 12.1 Å². The number of ketones is 1. The maximum atomic E-state index is 12.1. The minimum absolute atomic E-state index is 0.212. The van der Waals surface area contributed by atoms with Crippen LogP contribution >= 0.6 is 0 Å². The summed E-state index contributed by atoms with van der Waals surface area (Å²) < 4.78 is 64.1. The Morgan fingerprint density at radius 2 is 1.88 bits per heavy atom. The minimum Gasteiger partial charge on any atom is -0.435 e. The van der Waals surface area contributed by atoms with E-state index in [4.69, 9.17) is 0 Å². The highest BCUT2D eigenvalue weighted by atomic mass is 19.4. The quantitative estimate of drug-likeness (QED) is 0.610. The maximum Gasteiger partial charge on any atom is 0.454 e. The van der Waals surface area contributed by atoms with Crippen LogP contribution in [0.25, 0.3) is 0 Å². The van der Waals surface area contributed by atoms with Crippen molar-refractivity contribution < 1.29 is 31.5 Å². The molecule has 1 aromatic carbocycles. The topological polar surface area (TPSA) is 26.3 Å². The zero-order valence-corrected chi connectivity index (χ0v) is 8.52. The molecule has 2 nitrogen and oxygen atoms in total. The summed E-state index contributed by atoms with van der Waals surface area (Å²) in [5, 5.41) is 0. The number of aryl methyl sites for hydroxylation is 1. The highest BCUT2D eigenvalue weighted by Crippen LogP contribution is 2.26. The summed E-state index contributed by atoms with van der Waals surface area (Å²) >= 11 is 0. The molecule has 0 N–H and O–H groups in total. The molecule has 1 aromatic rings. The average molecular weight is 254 g/mol. The first kappa shape index (κ1) is 13.4. The van der Waals surface area contributed by atoms with Crippen LogP contribution < -0.4 is 4.74 Å². The van der Waals surface area contributed by atoms with E-state index in [1.165, 1.54) is 6.92 Å². The normalized spacial score (nSPS) is 11.7. The van der Waals surface area contributed by atoms with Gasteiger partial charge in [-0.1, -0.05) is 12.1 Å². The first-order valence-electron chi connectivity index (χ1n) is 4.39. The molecule has 0 unspecified atom stereocenters. The Bertz CT molecular complexity index is 425. The molecule has 0 aliphatic carbocycles. The van der Waals surface area contributed by atoms with E-state index in [1.54, 1.807) is 0 Å². The first-order chi connectivity index (χ1) is 7.71. The van der Waals surface area contributed by atoms with Gasteiger partial charge in [-0.3, -0.25) is 4.79 Å². The van der Waals surface area contributed by atoms with Crippen LogP contribution in [-0.2, 0) is 0 Å². The molecule has 1 rings (SSSR count). The molecular weight excluding hydrogens is 247 g/mol. The zero-order chi connectivity index (χ0) is 13.2. The lowest BCUT2D eigenvalue weighted by atomic mass is 10.1. The highest BCUT2D eigenvalue weighted by molar-refractivity contribution is 6.00. The summed E-state index contributed by atoms with van der Waals surface area (Å²) in [5.74, 6) is -2.55. The van der Waals surface area contributed by atoms with Crippen LogP contribution in [0.5, 0.6) is 5.75 Å². The fourth-order valence-electron chi connectivity index (χ4n) is 1.13. The first-order valence-corrected chi connectivity index (χ1v) is 4.39. The Morgan fingerprint density at radius 3 is 2.35 bits per heavy atom. The molecule has 0 fully saturated rings. The van der Waals surface area contributed by atoms with Crippen molar-refractivity contribution in [1.82, 2.24) is 0 Å². The Morgan fingerprint density at radius 1 is 1.29 bits per heavy atom. The van der Waals surface area contributed by atoms with Gasteiger partial charge in [-0.2, -0.15) is 22.0 Å². The number of ether oxygens (including phenoxy) is 1. The SMILES string of the molecule is Cc1ccc(C(=O)C(F)(F)F)cc1OC(F)F. The molecule has 0 aliphatic rings. The molecule has 0 spiro atoms. The number of Topliss-reactive ketones (excluding diaryl/α,β-unsaturated/α-hetero) is 1. The summed E-state index contributed by atoms with van der Waals surface area (Å²) in [6.45, 7) is -1.79. The van der Waals surface area contributed by atoms with Gasteiger partial charge in [0, 0.05) is 5.56 Å². The molecule has 0 saturated carbocycles. The van der Waals surface area contributed by atoms with Crippen LogP contribution in [0, 0.1) is 6.92 Å². The molecule has 0 heterocycles. The van der Waals surface area contributed by atoms with Crippen molar-refractivity contribution in [2.75, 3.05) is 0 Å². The van der Waals surface area contributed by atoms with Crippen LogP contribution in [0.1, 0.15) is 15.9 Å². The number of halogens is 5. The molecule has 0 radical (unpaired) electrons. The van der Waals surface area contributed by atoms with Gasteiger partial charge in [-0.25, -0.2) is 0 Å². The summed E-state index contributed by atoms with van der Waals surface area (Å²) in [5.41, 5.74) is -0.525. The molecule has 0 atom stereocenters. The van der Waals surface area contributed by atoms with Gasteiger partial charge in [-0.05, 0) is 18.6 Å². The monoisotopic (exact) mass is 254 g/mol. The standard InChI is InChI=1S/C10H7F5O2/c1-5-2-3-6(8(16)10(13,14)15)4-7(5)17-9(11)12/h2-4,9H,1H3. The lowest BCUT2D eigenvalue weighted by molar-refractivity contribution is -0.0885. The number of rotatable bonds is 3. The molecule has 0 aliphatic heterocycles. The second-order valence-electron chi connectivity index (χ2n) is 3.19. The molecule has 0 aromatic heterocycles. The van der Waals surface area contributed by atoms with Crippen LogP contribution in [0.3, 0.4) is 0 Å². The van der Waals surface area contributed by atoms with Crippen molar-refractivity contribution in [3.63, 3.8) is 0 Å². The van der Waals surface area contributed by atoms with E-state index in [1.807, 2.05) is 0 Å². The summed E-state index contributed by atoms with van der Waals surface area (Å²) in [7, 11) is 0. The van der Waals surface area contributed by atoms with Gasteiger partial charge in [0.15, 0.2) is 0 Å². The predicted octanol–water partition coefficient (Wildman–Crippen LogP) is 3.34. The average Bonchev–Trinajstić information content (AvgIpc) is 2.18. The summed E-state index contributed by atoms with van der Waals surface area (Å²) in [4.78, 5) is 10.8. The van der Waals surface area contributed by atoms with E-state index >= 15 is 0 Å². The number of benzene rings is 1. The molecule has 17 heavy (non-hydrogen) atoms. The van der Waals surface area contributed by atoms with Gasteiger partial charge in [0.1, 0.15) is 5.75 Å². The molecule has 94 valence electrons. The van der Waals surface area contributed by atoms with Gasteiger partial charge in [0.25, 0.3) is 5.78 Å². The Labute approximate surface area is 93.0 Å². The Balaban J connectivity index is 3.08. The number of hydrogen-bond donors (Lipinski definition) is 0. The van der Waals surface area contributed by atoms with Crippen molar-refractivity contribution in [3.05, 3.63) is 29.3 Å². The van der Waals surface area contributed by atoms with Crippen molar-refractivity contribution >= 4 is 5.78 Å². The summed E-state index contributed by atoms with van der Waals surface area (Å²) in [6, 6.07) is 2.66. The second kappa shape index (κ2) is 4.68. The number of hydrogen-bond acceptors (Lipinski definition) is 2. The van der Waals surface area contributed by atoms with Crippen LogP contribution in [0.4, 0.5) is 22.0 Å². The van der Waals surface area contributed by atoms with E-state index in [-0.39, 0.29) is 5.56 Å². The largest absolute Gasteiger partial charge is 0.454 e. The lowest BCUT2D eigenvalue weighted by Crippen LogP contribution is -2.22. The fourth-order valence-corrected chi connectivity index (χ4v) is 1.13. The van der Waals surface area contributed by atoms with Crippen molar-refractivity contribution in [3.8, 4) is 5.75 Å². The maximum absolute atomic E-state index is 12.1. The third-order valence-corrected chi connectivity index (χ3v) is 1.92. The smallest absolute Gasteiger partial charge is 0.435 e. The van der Waals surface area contributed by atoms with Crippen molar-refractivity contribution in [2.45, 2.75) is 19.7 Å². The fraction of sp³-hybridized carbons (Fsp3) is 0.300. The van der Waals surface area contributed by atoms with E-state index in [0.29, 0.717) is 6.07 Å². The van der Waals surface area contributed by atoms with Gasteiger partial charge in [0.05, 0.1) is 0 Å². The van der Waals surface area contributed by atoms with Crippen molar-refractivity contribution in [2.24, 2.45) is 0 Å². The van der Waals surface area contributed by atoms with Crippen LogP contribution in [0.15, 0.2) is 18.2 Å². The predicted molar refractivity (Wildman–Crippen MR) is 48.2 cm³/mol. The van der Waals surface area contributed by atoms with Crippen molar-refractivity contribution in [1.29, 1.82) is 0 Å². The molecular formula is C10H7F5O2. The third kappa shape index (κ3) is 3.40. The molecule has 7 heteroatoms. The minimum atomic E-state index is -5.04. The third-order valence-electron chi connectivity index (χ3n) is 1.92. The molecule has 0 amide bonds. The number of carbonyl (C=O) groups is 1. The van der Waals surface area contributed by atoms with E-state index < -0.39 is 29.9 Å². The zero-order valence-electron chi connectivity index (χ0n) is 8.52. The van der Waals surface area contributed by atoms with E-state index in [2.05, 4.69) is 4.74 Å². The van der Waals surface area contributed by atoms with Gasteiger partial charge < -0.3 is 4.74 Å².